The highest BCUT2D eigenvalue weighted by Gasteiger charge is 2.38. The molecule has 0 radical (unpaired) electrons. The predicted molar refractivity (Wildman–Crippen MR) is 90.0 cm³/mol. The number of halogens is 1. The van der Waals surface area contributed by atoms with Crippen LogP contribution < -0.4 is 5.73 Å². The van der Waals surface area contributed by atoms with Crippen LogP contribution in [-0.2, 0) is 10.2 Å². The molecule has 1 aliphatic carbocycles. The second kappa shape index (κ2) is 6.59. The summed E-state index contributed by atoms with van der Waals surface area (Å²) in [6.07, 6.45) is 7.12. The number of hydrogen-bond acceptors (Lipinski definition) is 2. The van der Waals surface area contributed by atoms with Gasteiger partial charge in [-0.3, -0.25) is 4.79 Å². The molecule has 3 rings (SSSR count). The molecule has 1 saturated heterocycles. The Kier molecular flexibility index (Phi) is 4.74. The topological polar surface area (TPSA) is 46.3 Å². The second-order valence-electron chi connectivity index (χ2n) is 6.77. The second-order valence-corrected chi connectivity index (χ2v) is 7.21. The molecule has 22 heavy (non-hydrogen) atoms. The van der Waals surface area contributed by atoms with Gasteiger partial charge in [-0.05, 0) is 56.2 Å². The van der Waals surface area contributed by atoms with Crippen molar-refractivity contribution in [3.05, 3.63) is 34.9 Å². The van der Waals surface area contributed by atoms with Gasteiger partial charge >= 0.3 is 0 Å². The van der Waals surface area contributed by atoms with Crippen LogP contribution in [0.1, 0.15) is 50.5 Å². The molecular weight excluding hydrogens is 296 g/mol. The SMILES string of the molecule is NC[C@]1(c2cccc(Cl)c2)CC[C@@H](N2CCCCC2=O)CC1. The molecule has 0 aromatic heterocycles. The van der Waals surface area contributed by atoms with Gasteiger partial charge < -0.3 is 10.6 Å². The van der Waals surface area contributed by atoms with Crippen molar-refractivity contribution in [2.75, 3.05) is 13.1 Å². The third-order valence-corrected chi connectivity index (χ3v) is 5.78. The maximum Gasteiger partial charge on any atom is 0.222 e. The molecule has 1 amide bonds. The van der Waals surface area contributed by atoms with Gasteiger partial charge in [0.2, 0.25) is 5.91 Å². The minimum Gasteiger partial charge on any atom is -0.340 e. The zero-order valence-corrected chi connectivity index (χ0v) is 13.8. The van der Waals surface area contributed by atoms with Crippen molar-refractivity contribution >= 4 is 17.5 Å². The molecule has 2 fully saturated rings. The Labute approximate surface area is 137 Å². The molecule has 1 heterocycles. The standard InChI is InChI=1S/C18H25ClN2O/c19-15-5-3-4-14(12-15)18(13-20)9-7-16(8-10-18)21-11-2-1-6-17(21)22/h3-5,12,16H,1-2,6-11,13,20H2/t16-,18+. The molecule has 0 spiro atoms. The summed E-state index contributed by atoms with van der Waals surface area (Å²) in [5.74, 6) is 0.347. The number of piperidine rings is 1. The van der Waals surface area contributed by atoms with E-state index < -0.39 is 0 Å². The van der Waals surface area contributed by atoms with Crippen LogP contribution >= 0.6 is 11.6 Å². The van der Waals surface area contributed by atoms with E-state index in [-0.39, 0.29) is 5.41 Å². The maximum absolute atomic E-state index is 12.1. The van der Waals surface area contributed by atoms with Crippen LogP contribution in [0.2, 0.25) is 5.02 Å². The lowest BCUT2D eigenvalue weighted by Gasteiger charge is -2.44. The van der Waals surface area contributed by atoms with E-state index in [1.165, 1.54) is 5.56 Å². The van der Waals surface area contributed by atoms with Gasteiger partial charge in [0, 0.05) is 36.0 Å². The summed E-state index contributed by atoms with van der Waals surface area (Å²) in [6.45, 7) is 1.59. The van der Waals surface area contributed by atoms with Crippen LogP contribution in [-0.4, -0.2) is 29.9 Å². The summed E-state index contributed by atoms with van der Waals surface area (Å²) in [5.41, 5.74) is 7.43. The molecule has 1 aromatic carbocycles. The van der Waals surface area contributed by atoms with Gasteiger partial charge in [0.05, 0.1) is 0 Å². The zero-order chi connectivity index (χ0) is 15.6. The third kappa shape index (κ3) is 3.02. The molecule has 0 atom stereocenters. The lowest BCUT2D eigenvalue weighted by Crippen LogP contribution is -2.48. The first-order valence-corrected chi connectivity index (χ1v) is 8.78. The number of benzene rings is 1. The zero-order valence-electron chi connectivity index (χ0n) is 13.1. The van der Waals surface area contributed by atoms with E-state index >= 15 is 0 Å². The van der Waals surface area contributed by atoms with E-state index in [4.69, 9.17) is 17.3 Å². The van der Waals surface area contributed by atoms with E-state index in [1.807, 2.05) is 12.1 Å². The van der Waals surface area contributed by atoms with Gasteiger partial charge in [-0.1, -0.05) is 23.7 Å². The van der Waals surface area contributed by atoms with Crippen LogP contribution in [0.15, 0.2) is 24.3 Å². The third-order valence-electron chi connectivity index (χ3n) is 5.54. The van der Waals surface area contributed by atoms with Gasteiger partial charge in [0.25, 0.3) is 0 Å². The van der Waals surface area contributed by atoms with Gasteiger partial charge in [0.1, 0.15) is 0 Å². The smallest absolute Gasteiger partial charge is 0.222 e. The molecule has 2 aliphatic rings. The Morgan fingerprint density at radius 3 is 2.68 bits per heavy atom. The van der Waals surface area contributed by atoms with Crippen molar-refractivity contribution in [1.29, 1.82) is 0 Å². The molecule has 3 nitrogen and oxygen atoms in total. The summed E-state index contributed by atoms with van der Waals surface area (Å²) in [5, 5.41) is 0.777. The van der Waals surface area contributed by atoms with E-state index in [2.05, 4.69) is 17.0 Å². The van der Waals surface area contributed by atoms with E-state index in [9.17, 15) is 4.79 Å². The Bertz CT molecular complexity index is 538. The number of carbonyl (C=O) groups is 1. The van der Waals surface area contributed by atoms with Crippen LogP contribution in [0.25, 0.3) is 0 Å². The van der Waals surface area contributed by atoms with E-state index in [1.54, 1.807) is 0 Å². The van der Waals surface area contributed by atoms with E-state index in [0.717, 1.165) is 56.5 Å². The Hall–Kier alpha value is -1.06. The molecule has 120 valence electrons. The summed E-state index contributed by atoms with van der Waals surface area (Å²) in [6, 6.07) is 8.53. The number of carbonyl (C=O) groups excluding carboxylic acids is 1. The Morgan fingerprint density at radius 2 is 2.05 bits per heavy atom. The first-order valence-electron chi connectivity index (χ1n) is 8.40. The summed E-state index contributed by atoms with van der Waals surface area (Å²) < 4.78 is 0. The molecule has 0 unspecified atom stereocenters. The van der Waals surface area contributed by atoms with Gasteiger partial charge in [-0.25, -0.2) is 0 Å². The lowest BCUT2D eigenvalue weighted by molar-refractivity contribution is -0.136. The highest BCUT2D eigenvalue weighted by molar-refractivity contribution is 6.30. The average molecular weight is 321 g/mol. The predicted octanol–water partition coefficient (Wildman–Crippen LogP) is 3.49. The minimum atomic E-state index is 0.0280. The molecule has 0 bridgehead atoms. The number of hydrogen-bond donors (Lipinski definition) is 1. The lowest BCUT2D eigenvalue weighted by atomic mass is 9.68. The van der Waals surface area contributed by atoms with Gasteiger partial charge in [0.15, 0.2) is 0 Å². The summed E-state index contributed by atoms with van der Waals surface area (Å²) >= 11 is 6.16. The van der Waals surface area contributed by atoms with Crippen LogP contribution in [0.4, 0.5) is 0 Å². The normalized spacial score (nSPS) is 29.6. The van der Waals surface area contributed by atoms with Gasteiger partial charge in [-0.15, -0.1) is 0 Å². The molecule has 1 aliphatic heterocycles. The number of likely N-dealkylation sites (tertiary alicyclic amines) is 1. The summed E-state index contributed by atoms with van der Waals surface area (Å²) in [7, 11) is 0. The Balaban J connectivity index is 1.72. The highest BCUT2D eigenvalue weighted by Crippen LogP contribution is 2.41. The van der Waals surface area contributed by atoms with E-state index in [0.29, 0.717) is 18.5 Å². The molecule has 1 aromatic rings. The fourth-order valence-electron chi connectivity index (χ4n) is 4.11. The maximum atomic E-state index is 12.1. The van der Waals surface area contributed by atoms with Crippen LogP contribution in [0.5, 0.6) is 0 Å². The van der Waals surface area contributed by atoms with Crippen molar-refractivity contribution in [2.45, 2.75) is 56.4 Å². The number of amides is 1. The highest BCUT2D eigenvalue weighted by atomic mass is 35.5. The molecule has 4 heteroatoms. The number of nitrogens with zero attached hydrogens (tertiary/aromatic N) is 1. The van der Waals surface area contributed by atoms with Crippen molar-refractivity contribution in [1.82, 2.24) is 4.90 Å². The van der Waals surface area contributed by atoms with Crippen molar-refractivity contribution in [3.8, 4) is 0 Å². The Morgan fingerprint density at radius 1 is 1.27 bits per heavy atom. The number of nitrogens with two attached hydrogens (primary N) is 1. The fourth-order valence-corrected chi connectivity index (χ4v) is 4.30. The first kappa shape index (κ1) is 15.8. The molecular formula is C18H25ClN2O. The largest absolute Gasteiger partial charge is 0.340 e. The van der Waals surface area contributed by atoms with Crippen molar-refractivity contribution in [2.24, 2.45) is 5.73 Å². The van der Waals surface area contributed by atoms with Crippen LogP contribution in [0, 0.1) is 0 Å². The number of rotatable bonds is 3. The van der Waals surface area contributed by atoms with Gasteiger partial charge in [-0.2, -0.15) is 0 Å². The molecule has 1 saturated carbocycles. The van der Waals surface area contributed by atoms with Crippen molar-refractivity contribution < 1.29 is 4.79 Å². The average Bonchev–Trinajstić information content (AvgIpc) is 2.55. The monoisotopic (exact) mass is 320 g/mol. The minimum absolute atomic E-state index is 0.0280. The fraction of sp³-hybridized carbons (Fsp3) is 0.611. The first-order chi connectivity index (χ1) is 10.6. The van der Waals surface area contributed by atoms with Crippen LogP contribution in [0.3, 0.4) is 0 Å². The van der Waals surface area contributed by atoms with Crippen molar-refractivity contribution in [3.63, 3.8) is 0 Å². The molecule has 2 N–H and O–H groups in total. The quantitative estimate of drug-likeness (QED) is 0.926. The summed E-state index contributed by atoms with van der Waals surface area (Å²) in [4.78, 5) is 14.2.